The van der Waals surface area contributed by atoms with Crippen molar-refractivity contribution in [2.75, 3.05) is 19.4 Å². The van der Waals surface area contributed by atoms with Gasteiger partial charge in [0.2, 0.25) is 10.0 Å². The van der Waals surface area contributed by atoms with Crippen LogP contribution in [0.3, 0.4) is 0 Å². The Balaban J connectivity index is 3.54. The highest BCUT2D eigenvalue weighted by Crippen LogP contribution is 1.88. The third-order valence-corrected chi connectivity index (χ3v) is 1.78. The zero-order valence-corrected chi connectivity index (χ0v) is 7.94. The maximum Gasteiger partial charge on any atom is 0.208 e. The Labute approximate surface area is 68.0 Å². The second-order valence-electron chi connectivity index (χ2n) is 2.39. The van der Waals surface area contributed by atoms with Gasteiger partial charge in [-0.15, -0.1) is 0 Å². The van der Waals surface area contributed by atoms with E-state index < -0.39 is 10.0 Å². The molecule has 0 saturated carbocycles. The monoisotopic (exact) mass is 181 g/mol. The van der Waals surface area contributed by atoms with Gasteiger partial charge in [-0.1, -0.05) is 0 Å². The molecule has 68 valence electrons. The van der Waals surface area contributed by atoms with Crippen molar-refractivity contribution in [3.05, 3.63) is 0 Å². The number of nitrogens with one attached hydrogen (secondary N) is 1. The second kappa shape index (κ2) is 4.69. The molecule has 0 aromatic rings. The lowest BCUT2D eigenvalue weighted by Crippen LogP contribution is -2.31. The van der Waals surface area contributed by atoms with Crippen molar-refractivity contribution in [1.29, 1.82) is 0 Å². The highest BCUT2D eigenvalue weighted by Gasteiger charge is 2.04. The third-order valence-electron chi connectivity index (χ3n) is 1.08. The van der Waals surface area contributed by atoms with Gasteiger partial charge in [-0.2, -0.15) is 0 Å². The summed E-state index contributed by atoms with van der Waals surface area (Å²) in [5.41, 5.74) is 0. The molecule has 0 aromatic carbocycles. The topological polar surface area (TPSA) is 55.4 Å². The number of sulfonamides is 1. The van der Waals surface area contributed by atoms with Crippen LogP contribution in [0.2, 0.25) is 0 Å². The molecule has 4 nitrogen and oxygen atoms in total. The minimum Gasteiger partial charge on any atom is -0.377 e. The van der Waals surface area contributed by atoms with Crippen LogP contribution in [0.5, 0.6) is 0 Å². The van der Waals surface area contributed by atoms with Gasteiger partial charge in [-0.3, -0.25) is 0 Å². The van der Waals surface area contributed by atoms with Crippen LogP contribution in [-0.2, 0) is 14.8 Å². The lowest BCUT2D eigenvalue weighted by Gasteiger charge is -2.10. The smallest absolute Gasteiger partial charge is 0.208 e. The first kappa shape index (κ1) is 10.9. The molecule has 0 aliphatic carbocycles. The van der Waals surface area contributed by atoms with Crippen molar-refractivity contribution in [3.8, 4) is 0 Å². The normalized spacial score (nSPS) is 14.8. The van der Waals surface area contributed by atoms with Crippen LogP contribution >= 0.6 is 0 Å². The molecule has 0 bridgehead atoms. The van der Waals surface area contributed by atoms with E-state index in [9.17, 15) is 8.42 Å². The van der Waals surface area contributed by atoms with Crippen LogP contribution in [0.1, 0.15) is 13.8 Å². The fraction of sp³-hybridized carbons (Fsp3) is 1.00. The Morgan fingerprint density at radius 2 is 2.09 bits per heavy atom. The molecule has 0 fully saturated rings. The molecule has 0 saturated heterocycles. The van der Waals surface area contributed by atoms with Crippen LogP contribution in [0, 0.1) is 0 Å². The zero-order valence-electron chi connectivity index (χ0n) is 7.12. The van der Waals surface area contributed by atoms with E-state index in [0.717, 1.165) is 6.26 Å². The summed E-state index contributed by atoms with van der Waals surface area (Å²) in [6.45, 7) is 4.64. The Hall–Kier alpha value is -0.130. The highest BCUT2D eigenvalue weighted by molar-refractivity contribution is 7.88. The van der Waals surface area contributed by atoms with Gasteiger partial charge in [0.05, 0.1) is 12.4 Å². The Kier molecular flexibility index (Phi) is 4.63. The molecule has 0 amide bonds. The fourth-order valence-electron chi connectivity index (χ4n) is 0.612. The van der Waals surface area contributed by atoms with Gasteiger partial charge in [0, 0.05) is 13.2 Å². The van der Waals surface area contributed by atoms with Crippen molar-refractivity contribution in [3.63, 3.8) is 0 Å². The second-order valence-corrected chi connectivity index (χ2v) is 4.22. The third kappa shape index (κ3) is 7.77. The lowest BCUT2D eigenvalue weighted by atomic mass is 10.4. The summed E-state index contributed by atoms with van der Waals surface area (Å²) >= 11 is 0. The molecule has 11 heavy (non-hydrogen) atoms. The minimum atomic E-state index is -3.07. The van der Waals surface area contributed by atoms with E-state index in [2.05, 4.69) is 4.72 Å². The molecule has 1 unspecified atom stereocenters. The molecule has 0 rings (SSSR count). The number of hydrogen-bond acceptors (Lipinski definition) is 3. The van der Waals surface area contributed by atoms with Crippen molar-refractivity contribution >= 4 is 10.0 Å². The van der Waals surface area contributed by atoms with E-state index in [-0.39, 0.29) is 6.10 Å². The van der Waals surface area contributed by atoms with Gasteiger partial charge >= 0.3 is 0 Å². The van der Waals surface area contributed by atoms with Crippen molar-refractivity contribution in [1.82, 2.24) is 4.72 Å². The van der Waals surface area contributed by atoms with Crippen molar-refractivity contribution < 1.29 is 13.2 Å². The van der Waals surface area contributed by atoms with E-state index in [4.69, 9.17) is 4.74 Å². The van der Waals surface area contributed by atoms with E-state index in [1.54, 1.807) is 0 Å². The van der Waals surface area contributed by atoms with Gasteiger partial charge in [-0.25, -0.2) is 13.1 Å². The molecule has 0 heterocycles. The van der Waals surface area contributed by atoms with Crippen LogP contribution in [0.25, 0.3) is 0 Å². The summed E-state index contributed by atoms with van der Waals surface area (Å²) < 4.78 is 28.6. The quantitative estimate of drug-likeness (QED) is 0.647. The van der Waals surface area contributed by atoms with Gasteiger partial charge in [0.25, 0.3) is 0 Å². The molecule has 0 aliphatic heterocycles. The highest BCUT2D eigenvalue weighted by atomic mass is 32.2. The Morgan fingerprint density at radius 3 is 2.45 bits per heavy atom. The summed E-state index contributed by atoms with van der Waals surface area (Å²) in [6.07, 6.45) is 1.07. The first-order chi connectivity index (χ1) is 4.95. The molecule has 0 radical (unpaired) electrons. The molecule has 0 spiro atoms. The number of hydrogen-bond donors (Lipinski definition) is 1. The molecule has 0 aliphatic rings. The van der Waals surface area contributed by atoms with E-state index in [1.807, 2.05) is 13.8 Å². The summed E-state index contributed by atoms with van der Waals surface area (Å²) in [5, 5.41) is 0. The average Bonchev–Trinajstić information content (AvgIpc) is 1.83. The van der Waals surface area contributed by atoms with Crippen LogP contribution < -0.4 is 4.72 Å². The van der Waals surface area contributed by atoms with Gasteiger partial charge in [0.1, 0.15) is 0 Å². The first-order valence-corrected chi connectivity index (χ1v) is 5.41. The molecule has 5 heteroatoms. The summed E-state index contributed by atoms with van der Waals surface area (Å²) in [5.74, 6) is 0. The van der Waals surface area contributed by atoms with E-state index >= 15 is 0 Å². The largest absolute Gasteiger partial charge is 0.377 e. The van der Waals surface area contributed by atoms with Crippen LogP contribution in [0.15, 0.2) is 0 Å². The molecule has 1 N–H and O–H groups in total. The van der Waals surface area contributed by atoms with E-state index in [0.29, 0.717) is 13.2 Å². The van der Waals surface area contributed by atoms with Crippen LogP contribution in [-0.4, -0.2) is 33.9 Å². The number of ether oxygens (including phenoxy) is 1. The summed E-state index contributed by atoms with van der Waals surface area (Å²) in [6, 6.07) is 0. The molecule has 0 aromatic heterocycles. The van der Waals surface area contributed by atoms with Gasteiger partial charge in [0.15, 0.2) is 0 Å². The average molecular weight is 181 g/mol. The molecular formula is C6H15NO3S. The Bertz CT molecular complexity index is 188. The summed E-state index contributed by atoms with van der Waals surface area (Å²) in [7, 11) is -3.07. The standard InChI is InChI=1S/C6H15NO3S/c1-4-10-6(2)5-7-11(3,8)9/h6-7H,4-5H2,1-3H3. The van der Waals surface area contributed by atoms with Gasteiger partial charge in [-0.05, 0) is 13.8 Å². The predicted molar refractivity (Wildman–Crippen MR) is 43.9 cm³/mol. The Morgan fingerprint density at radius 1 is 1.55 bits per heavy atom. The van der Waals surface area contributed by atoms with Crippen LogP contribution in [0.4, 0.5) is 0 Å². The first-order valence-electron chi connectivity index (χ1n) is 3.52. The van der Waals surface area contributed by atoms with Crippen molar-refractivity contribution in [2.24, 2.45) is 0 Å². The maximum atomic E-state index is 10.6. The predicted octanol–water partition coefficient (Wildman–Crippen LogP) is -0.0394. The molecular weight excluding hydrogens is 166 g/mol. The SMILES string of the molecule is CCOC(C)CNS(C)(=O)=O. The zero-order chi connectivity index (χ0) is 8.91. The minimum absolute atomic E-state index is 0.0604. The maximum absolute atomic E-state index is 10.6. The fourth-order valence-corrected chi connectivity index (χ4v) is 1.15. The number of rotatable bonds is 5. The molecule has 1 atom stereocenters. The summed E-state index contributed by atoms with van der Waals surface area (Å²) in [4.78, 5) is 0. The lowest BCUT2D eigenvalue weighted by molar-refractivity contribution is 0.0800. The van der Waals surface area contributed by atoms with Crippen molar-refractivity contribution in [2.45, 2.75) is 20.0 Å². The van der Waals surface area contributed by atoms with E-state index in [1.165, 1.54) is 0 Å². The van der Waals surface area contributed by atoms with Gasteiger partial charge < -0.3 is 4.74 Å².